The van der Waals surface area contributed by atoms with Crippen molar-refractivity contribution < 1.29 is 8.42 Å². The highest BCUT2D eigenvalue weighted by molar-refractivity contribution is 7.69. The van der Waals surface area contributed by atoms with Crippen LogP contribution in [0.3, 0.4) is 0 Å². The van der Waals surface area contributed by atoms with Crippen LogP contribution in [0.15, 0.2) is 0 Å². The third-order valence-electron chi connectivity index (χ3n) is 0. The summed E-state index contributed by atoms with van der Waals surface area (Å²) < 4.78 is 17.6. The molecule has 0 unspecified atom stereocenters. The fraction of sp³-hybridized carbons (Fsp3) is 1.00. The first-order valence-electron chi connectivity index (χ1n) is 2.04. The zero-order valence-corrected chi connectivity index (χ0v) is 5.44. The molecule has 3 nitrogen and oxygen atoms in total. The van der Waals surface area contributed by atoms with Gasteiger partial charge in [-0.1, -0.05) is 20.3 Å². The molecule has 0 bridgehead atoms. The Balaban J connectivity index is 0. The maximum absolute atomic E-state index is 8.81. The minimum Gasteiger partial charge on any atom is -0.231 e. The van der Waals surface area contributed by atoms with Crippen molar-refractivity contribution in [2.24, 2.45) is 5.14 Å². The molecular weight excluding hydrogens is 114 g/mol. The molecular formula is C3H11NO2S. The van der Waals surface area contributed by atoms with Crippen molar-refractivity contribution in [1.29, 1.82) is 0 Å². The average Bonchev–Trinajstić information content (AvgIpc) is 1.33. The molecule has 0 aliphatic heterocycles. The van der Waals surface area contributed by atoms with E-state index in [1.165, 1.54) is 6.42 Å². The van der Waals surface area contributed by atoms with Crippen molar-refractivity contribution in [3.05, 3.63) is 0 Å². The number of thiol groups is 1. The van der Waals surface area contributed by atoms with E-state index in [0.717, 1.165) is 0 Å². The standard InChI is InChI=1S/C3H8.H3NO2S/c1-3-2;1-4(2)3/h3H2,1-2H3;4H,(H2,1,2,3). The van der Waals surface area contributed by atoms with Crippen molar-refractivity contribution in [1.82, 2.24) is 0 Å². The molecule has 7 heavy (non-hydrogen) atoms. The van der Waals surface area contributed by atoms with E-state index in [4.69, 9.17) is 8.42 Å². The summed E-state index contributed by atoms with van der Waals surface area (Å²) in [7, 11) is -2.62. The highest BCUT2D eigenvalue weighted by atomic mass is 32.2. The molecule has 0 aromatic carbocycles. The van der Waals surface area contributed by atoms with Crippen LogP contribution in [0.1, 0.15) is 20.3 Å². The first-order valence-corrected chi connectivity index (χ1v) is 3.28. The van der Waals surface area contributed by atoms with E-state index < -0.39 is 10.9 Å². The van der Waals surface area contributed by atoms with Crippen LogP contribution in [-0.4, -0.2) is 8.42 Å². The van der Waals surface area contributed by atoms with E-state index in [-0.39, 0.29) is 0 Å². The molecule has 4 heteroatoms. The van der Waals surface area contributed by atoms with Crippen LogP contribution in [0.5, 0.6) is 0 Å². The smallest absolute Gasteiger partial charge is 0.198 e. The van der Waals surface area contributed by atoms with Crippen LogP contribution in [0.4, 0.5) is 0 Å². The maximum atomic E-state index is 8.81. The molecule has 0 saturated carbocycles. The second kappa shape index (κ2) is 9.32. The number of rotatable bonds is 0. The number of hydrogen-bond acceptors (Lipinski definition) is 2. The number of hydrogen-bond donors (Lipinski definition) is 2. The SMILES string of the molecule is CCC.N[SH](=O)=O. The summed E-state index contributed by atoms with van der Waals surface area (Å²) in [6.45, 7) is 4.25. The van der Waals surface area contributed by atoms with Gasteiger partial charge in [-0.05, 0) is 0 Å². The Morgan fingerprint density at radius 3 is 1.43 bits per heavy atom. The molecule has 0 radical (unpaired) electrons. The Bertz CT molecular complexity index is 71.0. The Kier molecular flexibility index (Phi) is 13.3. The van der Waals surface area contributed by atoms with Crippen LogP contribution >= 0.6 is 0 Å². The van der Waals surface area contributed by atoms with Crippen molar-refractivity contribution in [3.8, 4) is 0 Å². The van der Waals surface area contributed by atoms with Crippen molar-refractivity contribution >= 4 is 10.9 Å². The molecule has 0 aliphatic carbocycles. The van der Waals surface area contributed by atoms with Gasteiger partial charge in [-0.2, -0.15) is 0 Å². The summed E-state index contributed by atoms with van der Waals surface area (Å²) in [6, 6.07) is 0. The molecule has 46 valence electrons. The zero-order valence-electron chi connectivity index (χ0n) is 4.55. The minimum absolute atomic E-state index is 1.25. The lowest BCUT2D eigenvalue weighted by atomic mass is 10.6. The van der Waals surface area contributed by atoms with Crippen LogP contribution < -0.4 is 5.14 Å². The van der Waals surface area contributed by atoms with E-state index in [0.29, 0.717) is 0 Å². The molecule has 0 aromatic heterocycles. The van der Waals surface area contributed by atoms with Crippen molar-refractivity contribution in [2.45, 2.75) is 20.3 Å². The summed E-state index contributed by atoms with van der Waals surface area (Å²) >= 11 is 0. The fourth-order valence-corrected chi connectivity index (χ4v) is 0. The molecule has 0 saturated heterocycles. The van der Waals surface area contributed by atoms with Gasteiger partial charge >= 0.3 is 0 Å². The summed E-state index contributed by atoms with van der Waals surface area (Å²) in [6.07, 6.45) is 1.25. The molecule has 0 spiro atoms. The third-order valence-corrected chi connectivity index (χ3v) is 0. The van der Waals surface area contributed by atoms with Gasteiger partial charge in [0.15, 0.2) is 10.9 Å². The number of nitrogens with two attached hydrogens (primary N) is 1. The van der Waals surface area contributed by atoms with Crippen LogP contribution in [-0.2, 0) is 10.9 Å². The topological polar surface area (TPSA) is 60.2 Å². The first kappa shape index (κ1) is 10.0. The molecule has 0 amide bonds. The monoisotopic (exact) mass is 125 g/mol. The van der Waals surface area contributed by atoms with Crippen molar-refractivity contribution in [3.63, 3.8) is 0 Å². The third kappa shape index (κ3) is 11200. The largest absolute Gasteiger partial charge is 0.231 e. The second-order valence-corrected chi connectivity index (χ2v) is 1.56. The Morgan fingerprint density at radius 1 is 1.43 bits per heavy atom. The second-order valence-electron chi connectivity index (χ2n) is 0.992. The molecule has 0 atom stereocenters. The maximum Gasteiger partial charge on any atom is 0.198 e. The molecule has 0 heterocycles. The fourth-order valence-electron chi connectivity index (χ4n) is 0. The van der Waals surface area contributed by atoms with Gasteiger partial charge in [0.25, 0.3) is 0 Å². The lowest BCUT2D eigenvalue weighted by Crippen LogP contribution is -1.85. The summed E-state index contributed by atoms with van der Waals surface area (Å²) in [5, 5.41) is 4.06. The van der Waals surface area contributed by atoms with Gasteiger partial charge in [-0.3, -0.25) is 0 Å². The highest BCUT2D eigenvalue weighted by Crippen LogP contribution is 1.56. The van der Waals surface area contributed by atoms with E-state index in [1.807, 2.05) is 0 Å². The Hall–Kier alpha value is -0.0900. The molecule has 0 rings (SSSR count). The van der Waals surface area contributed by atoms with E-state index in [2.05, 4.69) is 19.0 Å². The van der Waals surface area contributed by atoms with Gasteiger partial charge in [0.2, 0.25) is 0 Å². The van der Waals surface area contributed by atoms with Gasteiger partial charge in [-0.25, -0.2) is 13.6 Å². The molecule has 0 fully saturated rings. The lowest BCUT2D eigenvalue weighted by Gasteiger charge is -1.48. The average molecular weight is 125 g/mol. The Labute approximate surface area is 45.6 Å². The van der Waals surface area contributed by atoms with Gasteiger partial charge in [0.1, 0.15) is 0 Å². The summed E-state index contributed by atoms with van der Waals surface area (Å²) in [5.74, 6) is 0. The van der Waals surface area contributed by atoms with E-state index in [1.54, 1.807) is 0 Å². The normalized spacial score (nSPS) is 7.43. The Morgan fingerprint density at radius 2 is 1.43 bits per heavy atom. The van der Waals surface area contributed by atoms with Gasteiger partial charge in [-0.15, -0.1) is 0 Å². The summed E-state index contributed by atoms with van der Waals surface area (Å²) in [4.78, 5) is 0. The first-order chi connectivity index (χ1) is 3.15. The van der Waals surface area contributed by atoms with Gasteiger partial charge in [0, 0.05) is 0 Å². The van der Waals surface area contributed by atoms with Crippen LogP contribution in [0.2, 0.25) is 0 Å². The minimum atomic E-state index is -2.62. The van der Waals surface area contributed by atoms with Crippen LogP contribution in [0, 0.1) is 0 Å². The molecule has 2 N–H and O–H groups in total. The predicted molar refractivity (Wildman–Crippen MR) is 30.5 cm³/mol. The zero-order chi connectivity index (χ0) is 6.28. The van der Waals surface area contributed by atoms with Crippen molar-refractivity contribution in [2.75, 3.05) is 0 Å². The quantitative estimate of drug-likeness (QED) is 0.444. The predicted octanol–water partition coefficient (Wildman–Crippen LogP) is -0.112. The van der Waals surface area contributed by atoms with Crippen LogP contribution in [0.25, 0.3) is 0 Å². The summed E-state index contributed by atoms with van der Waals surface area (Å²) in [5.41, 5.74) is 0. The van der Waals surface area contributed by atoms with Gasteiger partial charge in [0.05, 0.1) is 0 Å². The molecule has 0 aliphatic rings. The van der Waals surface area contributed by atoms with E-state index >= 15 is 0 Å². The lowest BCUT2D eigenvalue weighted by molar-refractivity contribution is 0.616. The highest BCUT2D eigenvalue weighted by Gasteiger charge is 1.42. The van der Waals surface area contributed by atoms with E-state index in [9.17, 15) is 0 Å². The molecule has 0 aromatic rings. The van der Waals surface area contributed by atoms with Gasteiger partial charge < -0.3 is 0 Å².